The van der Waals surface area contributed by atoms with Crippen LogP contribution in [0, 0.1) is 0 Å². The molecule has 5 nitrogen and oxygen atoms in total. The van der Waals surface area contributed by atoms with Crippen molar-refractivity contribution in [1.82, 2.24) is 9.97 Å². The first-order valence-corrected chi connectivity index (χ1v) is 4.08. The number of hydrogen-bond donors (Lipinski definition) is 1. The summed E-state index contributed by atoms with van der Waals surface area (Å²) in [4.78, 5) is 18.6. The van der Waals surface area contributed by atoms with Gasteiger partial charge in [-0.2, -0.15) is 0 Å². The van der Waals surface area contributed by atoms with E-state index in [1.54, 1.807) is 13.8 Å². The third-order valence-electron chi connectivity index (χ3n) is 2.07. The highest BCUT2D eigenvalue weighted by atomic mass is 16.5. The molecule has 1 heterocycles. The van der Waals surface area contributed by atoms with Gasteiger partial charge in [-0.3, -0.25) is 4.79 Å². The van der Waals surface area contributed by atoms with Crippen molar-refractivity contribution in [3.63, 3.8) is 0 Å². The predicted octanol–water partition coefficient (Wildman–Crippen LogP) is 0.847. The van der Waals surface area contributed by atoms with Crippen LogP contribution in [0.2, 0.25) is 0 Å². The highest BCUT2D eigenvalue weighted by Crippen LogP contribution is 2.22. The summed E-state index contributed by atoms with van der Waals surface area (Å²) in [5.41, 5.74) is -0.433. The summed E-state index contributed by atoms with van der Waals surface area (Å²) < 4.78 is 4.77. The zero-order valence-electron chi connectivity index (χ0n) is 8.31. The minimum atomic E-state index is -0.980. The Kier molecular flexibility index (Phi) is 2.69. The molecule has 0 bridgehead atoms. The number of carboxylic acid groups (broad SMARTS) is 1. The molecule has 76 valence electrons. The molecular formula is C9H12N2O3. The van der Waals surface area contributed by atoms with Crippen molar-refractivity contribution in [2.45, 2.75) is 19.3 Å². The van der Waals surface area contributed by atoms with E-state index in [9.17, 15) is 4.79 Å². The Morgan fingerprint density at radius 2 is 1.93 bits per heavy atom. The molecule has 14 heavy (non-hydrogen) atoms. The van der Waals surface area contributed by atoms with Crippen molar-refractivity contribution < 1.29 is 14.6 Å². The van der Waals surface area contributed by atoms with E-state index in [-0.39, 0.29) is 6.01 Å². The Morgan fingerprint density at radius 1 is 1.43 bits per heavy atom. The first kappa shape index (κ1) is 10.4. The van der Waals surface area contributed by atoms with Gasteiger partial charge in [0.2, 0.25) is 0 Å². The molecule has 1 N–H and O–H groups in total. The van der Waals surface area contributed by atoms with Crippen molar-refractivity contribution in [2.24, 2.45) is 0 Å². The van der Waals surface area contributed by atoms with Crippen LogP contribution in [-0.2, 0) is 10.2 Å². The van der Waals surface area contributed by atoms with Crippen LogP contribution in [0.25, 0.3) is 0 Å². The van der Waals surface area contributed by atoms with Crippen LogP contribution in [0.5, 0.6) is 6.01 Å². The summed E-state index contributed by atoms with van der Waals surface area (Å²) in [6.45, 7) is 3.20. The quantitative estimate of drug-likeness (QED) is 0.775. The second-order valence-electron chi connectivity index (χ2n) is 3.39. The standard InChI is InChI=1S/C9H12N2O3/c1-9(2,7(12)13)6-4-10-8(14-3)11-5-6/h4-5H,1-3H3,(H,12,13). The summed E-state index contributed by atoms with van der Waals surface area (Å²) in [6, 6.07) is 0.231. The minimum Gasteiger partial charge on any atom is -0.481 e. The molecule has 0 amide bonds. The maximum Gasteiger partial charge on any atom is 0.316 e. The lowest BCUT2D eigenvalue weighted by Gasteiger charge is -2.18. The lowest BCUT2D eigenvalue weighted by molar-refractivity contribution is -0.142. The molecule has 0 unspecified atom stereocenters. The van der Waals surface area contributed by atoms with Gasteiger partial charge in [-0.15, -0.1) is 0 Å². The largest absolute Gasteiger partial charge is 0.481 e. The van der Waals surface area contributed by atoms with Gasteiger partial charge in [-0.1, -0.05) is 0 Å². The lowest BCUT2D eigenvalue weighted by Crippen LogP contribution is -2.28. The fourth-order valence-corrected chi connectivity index (χ4v) is 0.868. The van der Waals surface area contributed by atoms with Gasteiger partial charge in [0, 0.05) is 18.0 Å². The van der Waals surface area contributed by atoms with Crippen molar-refractivity contribution in [1.29, 1.82) is 0 Å². The second-order valence-corrected chi connectivity index (χ2v) is 3.39. The number of nitrogens with zero attached hydrogens (tertiary/aromatic N) is 2. The monoisotopic (exact) mass is 196 g/mol. The maximum absolute atomic E-state index is 10.9. The Bertz CT molecular complexity index is 332. The summed E-state index contributed by atoms with van der Waals surface area (Å²) in [5.74, 6) is -0.911. The molecule has 0 saturated heterocycles. The number of methoxy groups -OCH3 is 1. The maximum atomic E-state index is 10.9. The highest BCUT2D eigenvalue weighted by Gasteiger charge is 2.30. The number of hydrogen-bond acceptors (Lipinski definition) is 4. The molecule has 0 fully saturated rings. The summed E-state index contributed by atoms with van der Waals surface area (Å²) in [6.07, 6.45) is 2.92. The second kappa shape index (κ2) is 3.61. The molecule has 0 spiro atoms. The first-order valence-electron chi connectivity index (χ1n) is 4.08. The van der Waals surface area contributed by atoms with Crippen LogP contribution in [0.15, 0.2) is 12.4 Å². The Hall–Kier alpha value is -1.65. The summed E-state index contributed by atoms with van der Waals surface area (Å²) in [5, 5.41) is 8.93. The van der Waals surface area contributed by atoms with Gasteiger partial charge in [0.25, 0.3) is 0 Å². The number of carboxylic acids is 1. The fraction of sp³-hybridized carbons (Fsp3) is 0.444. The lowest BCUT2D eigenvalue weighted by atomic mass is 9.87. The zero-order chi connectivity index (χ0) is 10.8. The van der Waals surface area contributed by atoms with Crippen molar-refractivity contribution >= 4 is 5.97 Å². The van der Waals surface area contributed by atoms with Crippen molar-refractivity contribution in [3.05, 3.63) is 18.0 Å². The first-order chi connectivity index (χ1) is 6.48. The summed E-state index contributed by atoms with van der Waals surface area (Å²) in [7, 11) is 1.46. The van der Waals surface area contributed by atoms with Crippen molar-refractivity contribution in [2.75, 3.05) is 7.11 Å². The Morgan fingerprint density at radius 3 is 2.29 bits per heavy atom. The number of carbonyl (C=O) groups is 1. The molecular weight excluding hydrogens is 184 g/mol. The highest BCUT2D eigenvalue weighted by molar-refractivity contribution is 5.79. The average Bonchev–Trinajstić information content (AvgIpc) is 2.17. The van der Waals surface area contributed by atoms with Crippen LogP contribution in [0.3, 0.4) is 0 Å². The smallest absolute Gasteiger partial charge is 0.316 e. The van der Waals surface area contributed by atoms with Crippen LogP contribution in [-0.4, -0.2) is 28.2 Å². The third kappa shape index (κ3) is 1.81. The molecule has 1 rings (SSSR count). The SMILES string of the molecule is COc1ncc(C(C)(C)C(=O)O)cn1. The zero-order valence-corrected chi connectivity index (χ0v) is 8.31. The van der Waals surface area contributed by atoms with Gasteiger partial charge < -0.3 is 9.84 Å². The van der Waals surface area contributed by atoms with Crippen molar-refractivity contribution in [3.8, 4) is 6.01 Å². The number of rotatable bonds is 3. The molecule has 1 aromatic rings. The van der Waals surface area contributed by atoms with Gasteiger partial charge in [0.15, 0.2) is 0 Å². The molecule has 0 aromatic carbocycles. The van der Waals surface area contributed by atoms with Gasteiger partial charge >= 0.3 is 12.0 Å². The fourth-order valence-electron chi connectivity index (χ4n) is 0.868. The third-order valence-corrected chi connectivity index (χ3v) is 2.07. The van der Waals surface area contributed by atoms with Crippen LogP contribution in [0.4, 0.5) is 0 Å². The molecule has 5 heteroatoms. The van der Waals surface area contributed by atoms with E-state index in [4.69, 9.17) is 9.84 Å². The molecule has 0 atom stereocenters. The molecule has 0 saturated carbocycles. The number of aliphatic carboxylic acids is 1. The Labute approximate surface area is 81.8 Å². The van der Waals surface area contributed by atoms with Crippen LogP contribution in [0.1, 0.15) is 19.4 Å². The molecule has 0 aliphatic heterocycles. The van der Waals surface area contributed by atoms with E-state index < -0.39 is 11.4 Å². The van der Waals surface area contributed by atoms with Gasteiger partial charge in [-0.25, -0.2) is 9.97 Å². The average molecular weight is 196 g/mol. The summed E-state index contributed by atoms with van der Waals surface area (Å²) >= 11 is 0. The number of aromatic nitrogens is 2. The molecule has 0 radical (unpaired) electrons. The van der Waals surface area contributed by atoms with E-state index in [1.165, 1.54) is 19.5 Å². The van der Waals surface area contributed by atoms with Gasteiger partial charge in [-0.05, 0) is 13.8 Å². The Balaban J connectivity index is 3.02. The van der Waals surface area contributed by atoms with Crippen LogP contribution >= 0.6 is 0 Å². The van der Waals surface area contributed by atoms with E-state index in [0.29, 0.717) is 5.56 Å². The minimum absolute atomic E-state index is 0.231. The van der Waals surface area contributed by atoms with E-state index in [0.717, 1.165) is 0 Å². The predicted molar refractivity (Wildman–Crippen MR) is 49.2 cm³/mol. The topological polar surface area (TPSA) is 72.3 Å². The normalized spacial score (nSPS) is 11.1. The van der Waals surface area contributed by atoms with E-state index >= 15 is 0 Å². The number of ether oxygens (including phenoxy) is 1. The molecule has 0 aliphatic rings. The van der Waals surface area contributed by atoms with E-state index in [2.05, 4.69) is 9.97 Å². The molecule has 1 aromatic heterocycles. The molecule has 0 aliphatic carbocycles. The van der Waals surface area contributed by atoms with E-state index in [1.807, 2.05) is 0 Å². The van der Waals surface area contributed by atoms with Crippen LogP contribution < -0.4 is 4.74 Å². The van der Waals surface area contributed by atoms with Gasteiger partial charge in [0.05, 0.1) is 12.5 Å². The van der Waals surface area contributed by atoms with Gasteiger partial charge in [0.1, 0.15) is 0 Å².